The van der Waals surface area contributed by atoms with Crippen molar-refractivity contribution in [2.75, 3.05) is 19.6 Å². The number of pyridine rings is 1. The summed E-state index contributed by atoms with van der Waals surface area (Å²) in [6.07, 6.45) is 2.89. The third-order valence-electron chi connectivity index (χ3n) is 4.62. The van der Waals surface area contributed by atoms with Crippen molar-refractivity contribution in [3.63, 3.8) is 0 Å². The average Bonchev–Trinajstić information content (AvgIpc) is 2.71. The van der Waals surface area contributed by atoms with Crippen molar-refractivity contribution in [2.24, 2.45) is 5.92 Å². The van der Waals surface area contributed by atoms with Gasteiger partial charge in [-0.25, -0.2) is 9.78 Å². The molecule has 0 spiro atoms. The van der Waals surface area contributed by atoms with Gasteiger partial charge < -0.3 is 15.0 Å². The molecule has 7 heteroatoms. The number of carbonyl (C=O) groups excluding carboxylic acids is 2. The summed E-state index contributed by atoms with van der Waals surface area (Å²) < 4.78 is 5.37. The van der Waals surface area contributed by atoms with Crippen molar-refractivity contribution in [3.8, 4) is 0 Å². The topological polar surface area (TPSA) is 71.5 Å². The minimum atomic E-state index is -0.284. The molecule has 1 aliphatic rings. The van der Waals surface area contributed by atoms with Crippen molar-refractivity contribution in [1.29, 1.82) is 0 Å². The monoisotopic (exact) mass is 387 g/mol. The zero-order valence-electron chi connectivity index (χ0n) is 14.9. The Kier molecular flexibility index (Phi) is 6.65. The van der Waals surface area contributed by atoms with Gasteiger partial charge in [0.2, 0.25) is 0 Å². The van der Waals surface area contributed by atoms with Crippen LogP contribution in [-0.2, 0) is 11.3 Å². The van der Waals surface area contributed by atoms with Crippen molar-refractivity contribution in [2.45, 2.75) is 19.4 Å². The molecule has 27 heavy (non-hydrogen) atoms. The summed E-state index contributed by atoms with van der Waals surface area (Å²) in [5, 5.41) is 3.22. The van der Waals surface area contributed by atoms with E-state index in [1.54, 1.807) is 17.0 Å². The highest BCUT2D eigenvalue weighted by Crippen LogP contribution is 2.18. The van der Waals surface area contributed by atoms with Gasteiger partial charge in [-0.2, -0.15) is 0 Å². The molecule has 2 amide bonds. The number of halogens is 1. The van der Waals surface area contributed by atoms with Gasteiger partial charge in [0, 0.05) is 31.4 Å². The first-order valence-electron chi connectivity index (χ1n) is 8.97. The van der Waals surface area contributed by atoms with Crippen LogP contribution in [0.15, 0.2) is 48.7 Å². The molecule has 1 fully saturated rings. The Balaban J connectivity index is 1.38. The standard InChI is InChI=1S/C20H22ClN3O3/c21-18-12-17(6-9-22-18)19(25)23-13-15-7-10-24(11-8-15)20(26)27-14-16-4-2-1-3-5-16/h1-6,9,12,15H,7-8,10-11,13-14H2,(H,23,25). The number of nitrogens with one attached hydrogen (secondary N) is 1. The summed E-state index contributed by atoms with van der Waals surface area (Å²) in [4.78, 5) is 29.9. The molecule has 1 aromatic carbocycles. The van der Waals surface area contributed by atoms with E-state index in [1.807, 2.05) is 30.3 Å². The van der Waals surface area contributed by atoms with Crippen LogP contribution in [0.25, 0.3) is 0 Å². The van der Waals surface area contributed by atoms with Gasteiger partial charge in [-0.05, 0) is 36.5 Å². The van der Waals surface area contributed by atoms with Crippen molar-refractivity contribution in [3.05, 3.63) is 64.9 Å². The number of piperidine rings is 1. The van der Waals surface area contributed by atoms with Gasteiger partial charge in [-0.1, -0.05) is 41.9 Å². The first-order valence-corrected chi connectivity index (χ1v) is 9.35. The van der Waals surface area contributed by atoms with Crippen molar-refractivity contribution >= 4 is 23.6 Å². The molecule has 3 rings (SSSR count). The summed E-state index contributed by atoms with van der Waals surface area (Å²) >= 11 is 5.81. The van der Waals surface area contributed by atoms with Gasteiger partial charge >= 0.3 is 6.09 Å². The van der Waals surface area contributed by atoms with Crippen LogP contribution in [0.1, 0.15) is 28.8 Å². The van der Waals surface area contributed by atoms with Crippen molar-refractivity contribution < 1.29 is 14.3 Å². The number of hydrogen-bond donors (Lipinski definition) is 1. The highest BCUT2D eigenvalue weighted by molar-refractivity contribution is 6.29. The summed E-state index contributed by atoms with van der Waals surface area (Å²) in [5.41, 5.74) is 1.47. The maximum absolute atomic E-state index is 12.2. The lowest BCUT2D eigenvalue weighted by Crippen LogP contribution is -2.41. The molecule has 2 heterocycles. The second kappa shape index (κ2) is 9.37. The fourth-order valence-corrected chi connectivity index (χ4v) is 3.19. The van der Waals surface area contributed by atoms with Crippen LogP contribution in [0.5, 0.6) is 0 Å². The Hall–Kier alpha value is -2.60. The molecule has 0 radical (unpaired) electrons. The average molecular weight is 388 g/mol. The Morgan fingerprint density at radius 1 is 1.19 bits per heavy atom. The number of nitrogens with zero attached hydrogens (tertiary/aromatic N) is 2. The fourth-order valence-electron chi connectivity index (χ4n) is 3.01. The van der Waals surface area contributed by atoms with Gasteiger partial charge in [-0.15, -0.1) is 0 Å². The van der Waals surface area contributed by atoms with Crippen LogP contribution in [-0.4, -0.2) is 41.5 Å². The SMILES string of the molecule is O=C(NCC1CCN(C(=O)OCc2ccccc2)CC1)c1ccnc(Cl)c1. The van der Waals surface area contributed by atoms with E-state index in [0.717, 1.165) is 18.4 Å². The number of benzene rings is 1. The number of aromatic nitrogens is 1. The van der Waals surface area contributed by atoms with Crippen LogP contribution in [0.4, 0.5) is 4.79 Å². The van der Waals surface area contributed by atoms with E-state index in [-0.39, 0.29) is 18.6 Å². The molecular formula is C20H22ClN3O3. The van der Waals surface area contributed by atoms with E-state index >= 15 is 0 Å². The molecule has 0 atom stereocenters. The summed E-state index contributed by atoms with van der Waals surface area (Å²) in [7, 11) is 0. The molecule has 0 aliphatic carbocycles. The van der Waals surface area contributed by atoms with E-state index in [9.17, 15) is 9.59 Å². The van der Waals surface area contributed by atoms with E-state index < -0.39 is 0 Å². The lowest BCUT2D eigenvalue weighted by Gasteiger charge is -2.31. The van der Waals surface area contributed by atoms with Crippen LogP contribution in [0, 0.1) is 5.92 Å². The first-order chi connectivity index (χ1) is 13.1. The van der Waals surface area contributed by atoms with E-state index in [1.165, 1.54) is 6.20 Å². The number of carbonyl (C=O) groups is 2. The summed E-state index contributed by atoms with van der Waals surface area (Å²) in [6, 6.07) is 12.8. The van der Waals surface area contributed by atoms with Gasteiger partial charge in [0.15, 0.2) is 0 Å². The largest absolute Gasteiger partial charge is 0.445 e. The van der Waals surface area contributed by atoms with Gasteiger partial charge in [0.05, 0.1) is 0 Å². The second-order valence-electron chi connectivity index (χ2n) is 6.55. The molecule has 6 nitrogen and oxygen atoms in total. The molecule has 2 aromatic rings. The van der Waals surface area contributed by atoms with Crippen molar-refractivity contribution in [1.82, 2.24) is 15.2 Å². The molecule has 142 valence electrons. The Morgan fingerprint density at radius 2 is 1.93 bits per heavy atom. The summed E-state index contributed by atoms with van der Waals surface area (Å²) in [5.74, 6) is 0.174. The molecule has 1 N–H and O–H groups in total. The summed E-state index contributed by atoms with van der Waals surface area (Å²) in [6.45, 7) is 2.13. The van der Waals surface area contributed by atoms with E-state index in [4.69, 9.17) is 16.3 Å². The lowest BCUT2D eigenvalue weighted by atomic mass is 9.97. The smallest absolute Gasteiger partial charge is 0.410 e. The van der Waals surface area contributed by atoms with Crippen LogP contribution >= 0.6 is 11.6 Å². The zero-order chi connectivity index (χ0) is 19.1. The van der Waals surface area contributed by atoms with Crippen LogP contribution in [0.3, 0.4) is 0 Å². The molecule has 1 saturated heterocycles. The maximum atomic E-state index is 12.2. The second-order valence-corrected chi connectivity index (χ2v) is 6.94. The minimum absolute atomic E-state index is 0.163. The predicted molar refractivity (Wildman–Crippen MR) is 103 cm³/mol. The Labute approximate surface area is 163 Å². The molecule has 1 aliphatic heterocycles. The molecule has 1 aromatic heterocycles. The zero-order valence-corrected chi connectivity index (χ0v) is 15.7. The fraction of sp³-hybridized carbons (Fsp3) is 0.350. The lowest BCUT2D eigenvalue weighted by molar-refractivity contribution is 0.0801. The molecule has 0 unspecified atom stereocenters. The highest BCUT2D eigenvalue weighted by atomic mass is 35.5. The molecule has 0 bridgehead atoms. The maximum Gasteiger partial charge on any atom is 0.410 e. The van der Waals surface area contributed by atoms with Gasteiger partial charge in [0.1, 0.15) is 11.8 Å². The van der Waals surface area contributed by atoms with E-state index in [2.05, 4.69) is 10.3 Å². The van der Waals surface area contributed by atoms with Gasteiger partial charge in [0.25, 0.3) is 5.91 Å². The first kappa shape index (κ1) is 19.2. The molecular weight excluding hydrogens is 366 g/mol. The highest BCUT2D eigenvalue weighted by Gasteiger charge is 2.24. The predicted octanol–water partition coefficient (Wildman–Crippen LogP) is 3.51. The molecule has 0 saturated carbocycles. The van der Waals surface area contributed by atoms with E-state index in [0.29, 0.717) is 36.3 Å². The number of rotatable bonds is 5. The third-order valence-corrected chi connectivity index (χ3v) is 4.82. The Morgan fingerprint density at radius 3 is 2.63 bits per heavy atom. The quantitative estimate of drug-likeness (QED) is 0.797. The Bertz CT molecular complexity index is 777. The number of amides is 2. The third kappa shape index (κ3) is 5.69. The van der Waals surface area contributed by atoms with Crippen LogP contribution in [0.2, 0.25) is 5.15 Å². The number of ether oxygens (including phenoxy) is 1. The minimum Gasteiger partial charge on any atom is -0.445 e. The normalized spacial score (nSPS) is 14.6. The number of likely N-dealkylation sites (tertiary alicyclic amines) is 1. The van der Waals surface area contributed by atoms with Gasteiger partial charge in [-0.3, -0.25) is 4.79 Å². The van der Waals surface area contributed by atoms with Crippen LogP contribution < -0.4 is 5.32 Å². The number of hydrogen-bond acceptors (Lipinski definition) is 4.